The first-order valence-electron chi connectivity index (χ1n) is 5.97. The van der Waals surface area contributed by atoms with Gasteiger partial charge in [-0.1, -0.05) is 13.0 Å². The molecule has 0 heterocycles. The molecule has 1 rings (SSSR count). The van der Waals surface area contributed by atoms with Gasteiger partial charge in [0.2, 0.25) is 0 Å². The summed E-state index contributed by atoms with van der Waals surface area (Å²) in [6.07, 6.45) is 2.62. The van der Waals surface area contributed by atoms with Crippen LogP contribution in [0.1, 0.15) is 12.5 Å². The Morgan fingerprint density at radius 3 is 2.84 bits per heavy atom. The Kier molecular flexibility index (Phi) is 6.89. The summed E-state index contributed by atoms with van der Waals surface area (Å²) < 4.78 is 10.9. The molecule has 0 atom stereocenters. The lowest BCUT2D eigenvalue weighted by atomic mass is 10.2. The topological polar surface area (TPSA) is 55.8 Å². The van der Waals surface area contributed by atoms with Crippen LogP contribution < -0.4 is 9.47 Å². The maximum Gasteiger partial charge on any atom is 0.328 e. The zero-order chi connectivity index (χ0) is 14.1. The number of carboxylic acid groups (broad SMARTS) is 1. The van der Waals surface area contributed by atoms with Gasteiger partial charge in [-0.15, -0.1) is 0 Å². The quantitative estimate of drug-likeness (QED) is 0.587. The Hall–Kier alpha value is -1.62. The number of aliphatic carboxylic acids is 1. The third kappa shape index (κ3) is 5.70. The molecular formula is C14H18O4S. The van der Waals surface area contributed by atoms with E-state index in [4.69, 9.17) is 14.6 Å². The molecule has 0 radical (unpaired) electrons. The van der Waals surface area contributed by atoms with Crippen molar-refractivity contribution in [2.75, 3.05) is 25.2 Å². The highest BCUT2D eigenvalue weighted by molar-refractivity contribution is 7.99. The summed E-state index contributed by atoms with van der Waals surface area (Å²) in [6, 6.07) is 5.32. The number of hydrogen-bond donors (Lipinski definition) is 1. The number of rotatable bonds is 8. The van der Waals surface area contributed by atoms with Gasteiger partial charge in [0, 0.05) is 11.8 Å². The van der Waals surface area contributed by atoms with E-state index in [1.165, 1.54) is 6.08 Å². The molecule has 0 unspecified atom stereocenters. The first-order valence-corrected chi connectivity index (χ1v) is 7.12. The van der Waals surface area contributed by atoms with Gasteiger partial charge < -0.3 is 14.6 Å². The van der Waals surface area contributed by atoms with E-state index < -0.39 is 5.97 Å². The van der Waals surface area contributed by atoms with Gasteiger partial charge in [0.15, 0.2) is 11.5 Å². The zero-order valence-electron chi connectivity index (χ0n) is 11.1. The van der Waals surface area contributed by atoms with Crippen LogP contribution in [0.2, 0.25) is 0 Å². The van der Waals surface area contributed by atoms with Gasteiger partial charge in [-0.25, -0.2) is 4.79 Å². The van der Waals surface area contributed by atoms with E-state index in [-0.39, 0.29) is 0 Å². The highest BCUT2D eigenvalue weighted by Crippen LogP contribution is 2.28. The minimum absolute atomic E-state index is 0.598. The summed E-state index contributed by atoms with van der Waals surface area (Å²) in [6.45, 7) is 2.70. The lowest BCUT2D eigenvalue weighted by molar-refractivity contribution is -0.131. The van der Waals surface area contributed by atoms with Crippen molar-refractivity contribution in [2.24, 2.45) is 0 Å². The first-order chi connectivity index (χ1) is 9.17. The predicted octanol–water partition coefficient (Wildman–Crippen LogP) is 2.92. The van der Waals surface area contributed by atoms with E-state index >= 15 is 0 Å². The molecule has 0 saturated carbocycles. The van der Waals surface area contributed by atoms with Gasteiger partial charge in [-0.3, -0.25) is 0 Å². The number of methoxy groups -OCH3 is 1. The lowest BCUT2D eigenvalue weighted by Crippen LogP contribution is -2.02. The number of thioether (sulfide) groups is 1. The average molecular weight is 282 g/mol. The molecular weight excluding hydrogens is 264 g/mol. The number of hydrogen-bond acceptors (Lipinski definition) is 4. The standard InChI is InChI=1S/C14H18O4S/c1-3-19-9-8-18-13-10-11(5-7-14(15)16)4-6-12(13)17-2/h4-7,10H,3,8-9H2,1-2H3,(H,15,16)/b7-5+. The van der Waals surface area contributed by atoms with Crippen molar-refractivity contribution < 1.29 is 19.4 Å². The van der Waals surface area contributed by atoms with Crippen molar-refractivity contribution in [3.63, 3.8) is 0 Å². The Bertz CT molecular complexity index is 443. The summed E-state index contributed by atoms with van der Waals surface area (Å²) in [5, 5.41) is 8.60. The molecule has 5 heteroatoms. The molecule has 0 saturated heterocycles. The molecule has 0 aliphatic rings. The highest BCUT2D eigenvalue weighted by Gasteiger charge is 2.04. The molecule has 0 spiro atoms. The lowest BCUT2D eigenvalue weighted by Gasteiger charge is -2.11. The minimum Gasteiger partial charge on any atom is -0.493 e. The Morgan fingerprint density at radius 2 is 2.21 bits per heavy atom. The molecule has 19 heavy (non-hydrogen) atoms. The Morgan fingerprint density at radius 1 is 1.42 bits per heavy atom. The Balaban J connectivity index is 2.75. The van der Waals surface area contributed by atoms with Crippen molar-refractivity contribution in [3.8, 4) is 11.5 Å². The normalized spacial score (nSPS) is 10.6. The SMILES string of the molecule is CCSCCOc1cc(/C=C/C(=O)O)ccc1OC. The van der Waals surface area contributed by atoms with Crippen LogP contribution in [0.3, 0.4) is 0 Å². The van der Waals surface area contributed by atoms with Crippen molar-refractivity contribution >= 4 is 23.8 Å². The molecule has 0 bridgehead atoms. The average Bonchev–Trinajstić information content (AvgIpc) is 2.41. The van der Waals surface area contributed by atoms with Crippen molar-refractivity contribution in [1.29, 1.82) is 0 Å². The molecule has 1 aromatic rings. The molecule has 0 fully saturated rings. The fraction of sp³-hybridized carbons (Fsp3) is 0.357. The van der Waals surface area contributed by atoms with Crippen LogP contribution in [0.4, 0.5) is 0 Å². The van der Waals surface area contributed by atoms with Crippen molar-refractivity contribution in [3.05, 3.63) is 29.8 Å². The fourth-order valence-corrected chi connectivity index (χ4v) is 1.92. The summed E-state index contributed by atoms with van der Waals surface area (Å²) in [5.74, 6) is 2.27. The van der Waals surface area contributed by atoms with Crippen LogP contribution in [0.5, 0.6) is 11.5 Å². The summed E-state index contributed by atoms with van der Waals surface area (Å²) in [7, 11) is 1.58. The van der Waals surface area contributed by atoms with E-state index in [2.05, 4.69) is 6.92 Å². The van der Waals surface area contributed by atoms with Crippen molar-refractivity contribution in [1.82, 2.24) is 0 Å². The van der Waals surface area contributed by atoms with Crippen LogP contribution in [0.25, 0.3) is 6.08 Å². The van der Waals surface area contributed by atoms with Gasteiger partial charge >= 0.3 is 5.97 Å². The third-order valence-corrected chi connectivity index (χ3v) is 3.16. The molecule has 0 aromatic heterocycles. The van der Waals surface area contributed by atoms with Crippen LogP contribution in [-0.4, -0.2) is 36.3 Å². The molecule has 104 valence electrons. The molecule has 1 aromatic carbocycles. The highest BCUT2D eigenvalue weighted by atomic mass is 32.2. The van der Waals surface area contributed by atoms with Gasteiger partial charge in [-0.05, 0) is 29.5 Å². The molecule has 4 nitrogen and oxygen atoms in total. The number of carboxylic acids is 1. The second-order valence-corrected chi connectivity index (χ2v) is 5.02. The number of benzene rings is 1. The molecule has 0 aliphatic carbocycles. The largest absolute Gasteiger partial charge is 0.493 e. The Labute approximate surface area is 117 Å². The van der Waals surface area contributed by atoms with Gasteiger partial charge in [0.25, 0.3) is 0 Å². The van der Waals surface area contributed by atoms with Gasteiger partial charge in [-0.2, -0.15) is 11.8 Å². The zero-order valence-corrected chi connectivity index (χ0v) is 11.9. The predicted molar refractivity (Wildman–Crippen MR) is 78.2 cm³/mol. The van der Waals surface area contributed by atoms with E-state index in [9.17, 15) is 4.79 Å². The minimum atomic E-state index is -0.974. The second kappa shape index (κ2) is 8.48. The summed E-state index contributed by atoms with van der Waals surface area (Å²) >= 11 is 1.80. The summed E-state index contributed by atoms with van der Waals surface area (Å²) in [5.41, 5.74) is 0.765. The molecule has 1 N–H and O–H groups in total. The maximum absolute atomic E-state index is 10.5. The number of carbonyl (C=O) groups is 1. The maximum atomic E-state index is 10.5. The van der Waals surface area contributed by atoms with E-state index in [1.807, 2.05) is 0 Å². The molecule has 0 aliphatic heterocycles. The van der Waals surface area contributed by atoms with Crippen LogP contribution >= 0.6 is 11.8 Å². The summed E-state index contributed by atoms with van der Waals surface area (Å²) in [4.78, 5) is 10.5. The monoisotopic (exact) mass is 282 g/mol. The fourth-order valence-electron chi connectivity index (χ4n) is 1.43. The number of ether oxygens (including phenoxy) is 2. The van der Waals surface area contributed by atoms with Crippen LogP contribution in [0, 0.1) is 0 Å². The van der Waals surface area contributed by atoms with Crippen molar-refractivity contribution in [2.45, 2.75) is 6.92 Å². The smallest absolute Gasteiger partial charge is 0.328 e. The van der Waals surface area contributed by atoms with E-state index in [0.717, 1.165) is 23.1 Å². The van der Waals surface area contributed by atoms with E-state index in [0.29, 0.717) is 18.1 Å². The third-order valence-electron chi connectivity index (χ3n) is 2.30. The van der Waals surface area contributed by atoms with Crippen LogP contribution in [0.15, 0.2) is 24.3 Å². The molecule has 0 amide bonds. The van der Waals surface area contributed by atoms with Gasteiger partial charge in [0.1, 0.15) is 0 Å². The van der Waals surface area contributed by atoms with E-state index in [1.54, 1.807) is 37.1 Å². The van der Waals surface area contributed by atoms with Gasteiger partial charge in [0.05, 0.1) is 13.7 Å². The first kappa shape index (κ1) is 15.4. The second-order valence-electron chi connectivity index (χ2n) is 3.63. The van der Waals surface area contributed by atoms with Crippen LogP contribution in [-0.2, 0) is 4.79 Å².